The highest BCUT2D eigenvalue weighted by Gasteiger charge is 2.26. The molecule has 0 aromatic heterocycles. The van der Waals surface area contributed by atoms with Crippen molar-refractivity contribution in [3.63, 3.8) is 0 Å². The van der Waals surface area contributed by atoms with E-state index in [1.54, 1.807) is 6.92 Å². The average Bonchev–Trinajstić information content (AvgIpc) is 2.41. The van der Waals surface area contributed by atoms with E-state index in [-0.39, 0.29) is 23.0 Å². The topological polar surface area (TPSA) is 60.4 Å². The predicted octanol–water partition coefficient (Wildman–Crippen LogP) is 4.00. The van der Waals surface area contributed by atoms with Crippen molar-refractivity contribution in [3.8, 4) is 5.75 Å². The molecule has 1 aromatic carbocycles. The van der Waals surface area contributed by atoms with Crippen LogP contribution in [0.3, 0.4) is 0 Å². The van der Waals surface area contributed by atoms with Gasteiger partial charge < -0.3 is 4.18 Å². The van der Waals surface area contributed by atoms with Crippen LogP contribution in [0.25, 0.3) is 0 Å². The Bertz CT molecular complexity index is 654. The van der Waals surface area contributed by atoms with Gasteiger partial charge in [-0.05, 0) is 49.3 Å². The zero-order valence-electron chi connectivity index (χ0n) is 12.8. The molecule has 0 heterocycles. The monoisotopic (exact) mass is 344 g/mol. The highest BCUT2D eigenvalue weighted by molar-refractivity contribution is 7.87. The molecule has 22 heavy (non-hydrogen) atoms. The summed E-state index contributed by atoms with van der Waals surface area (Å²) in [5, 5.41) is 0.410. The van der Waals surface area contributed by atoms with Crippen molar-refractivity contribution in [1.82, 2.24) is 0 Å². The molecule has 0 spiro atoms. The van der Waals surface area contributed by atoms with E-state index in [1.807, 2.05) is 0 Å². The summed E-state index contributed by atoms with van der Waals surface area (Å²) in [6, 6.07) is 2.92. The highest BCUT2D eigenvalue weighted by atomic mass is 35.5. The zero-order chi connectivity index (χ0) is 16.3. The molecule has 0 radical (unpaired) electrons. The molecule has 2 unspecified atom stereocenters. The molecule has 2 rings (SSSR count). The standard InChI is InChI=1S/C16H21ClO4S/c1-11-4-3-5-13(6-11)10-22(19,20)21-16-7-12(2)15(17)8-14(16)9-18/h7-9,11,13H,3-6,10H2,1-2H3. The summed E-state index contributed by atoms with van der Waals surface area (Å²) in [6.45, 7) is 3.88. The van der Waals surface area contributed by atoms with E-state index >= 15 is 0 Å². The van der Waals surface area contributed by atoms with Gasteiger partial charge in [-0.25, -0.2) is 0 Å². The van der Waals surface area contributed by atoms with Crippen molar-refractivity contribution in [1.29, 1.82) is 0 Å². The molecule has 0 saturated heterocycles. The van der Waals surface area contributed by atoms with E-state index in [0.717, 1.165) is 25.7 Å². The number of carbonyl (C=O) groups excluding carboxylic acids is 1. The molecule has 0 bridgehead atoms. The third-order valence-corrected chi connectivity index (χ3v) is 5.84. The van der Waals surface area contributed by atoms with Crippen LogP contribution in [0, 0.1) is 18.8 Å². The molecule has 1 saturated carbocycles. The second-order valence-electron chi connectivity index (χ2n) is 6.20. The first-order valence-electron chi connectivity index (χ1n) is 7.48. The number of aryl methyl sites for hydroxylation is 1. The van der Waals surface area contributed by atoms with Gasteiger partial charge in [-0.1, -0.05) is 31.4 Å². The second kappa shape index (κ2) is 7.01. The highest BCUT2D eigenvalue weighted by Crippen LogP contribution is 2.31. The van der Waals surface area contributed by atoms with E-state index < -0.39 is 10.1 Å². The normalized spacial score (nSPS) is 22.3. The van der Waals surface area contributed by atoms with Gasteiger partial charge in [-0.15, -0.1) is 0 Å². The van der Waals surface area contributed by atoms with E-state index in [4.69, 9.17) is 15.8 Å². The minimum absolute atomic E-state index is 0.00267. The fraction of sp³-hybridized carbons (Fsp3) is 0.562. The van der Waals surface area contributed by atoms with Gasteiger partial charge in [0.1, 0.15) is 0 Å². The van der Waals surface area contributed by atoms with Crippen molar-refractivity contribution < 1.29 is 17.4 Å². The Balaban J connectivity index is 2.14. The fourth-order valence-corrected chi connectivity index (χ4v) is 4.54. The smallest absolute Gasteiger partial charge is 0.309 e. The Morgan fingerprint density at radius 1 is 1.36 bits per heavy atom. The lowest BCUT2D eigenvalue weighted by atomic mass is 9.83. The van der Waals surface area contributed by atoms with Crippen LogP contribution in [0.4, 0.5) is 0 Å². The van der Waals surface area contributed by atoms with Crippen LogP contribution in [0.1, 0.15) is 48.5 Å². The summed E-state index contributed by atoms with van der Waals surface area (Å²) in [5.41, 5.74) is 0.819. The number of rotatable bonds is 5. The summed E-state index contributed by atoms with van der Waals surface area (Å²) in [4.78, 5) is 11.1. The lowest BCUT2D eigenvalue weighted by Gasteiger charge is -2.26. The third-order valence-electron chi connectivity index (χ3n) is 4.12. The van der Waals surface area contributed by atoms with Crippen LogP contribution < -0.4 is 4.18 Å². The van der Waals surface area contributed by atoms with E-state index in [2.05, 4.69) is 6.92 Å². The van der Waals surface area contributed by atoms with Gasteiger partial charge in [0.2, 0.25) is 0 Å². The Morgan fingerprint density at radius 2 is 2.09 bits per heavy atom. The van der Waals surface area contributed by atoms with Crippen LogP contribution in [-0.2, 0) is 10.1 Å². The zero-order valence-corrected chi connectivity index (χ0v) is 14.4. The van der Waals surface area contributed by atoms with E-state index in [0.29, 0.717) is 22.8 Å². The van der Waals surface area contributed by atoms with Crippen molar-refractivity contribution in [2.75, 3.05) is 5.75 Å². The Hall–Kier alpha value is -1.07. The minimum atomic E-state index is -3.72. The molecule has 1 fully saturated rings. The van der Waals surface area contributed by atoms with Crippen LogP contribution in [0.5, 0.6) is 5.75 Å². The summed E-state index contributed by atoms with van der Waals surface area (Å²) >= 11 is 5.94. The molecular formula is C16H21ClO4S. The number of hydrogen-bond acceptors (Lipinski definition) is 4. The Morgan fingerprint density at radius 3 is 2.73 bits per heavy atom. The number of carbonyl (C=O) groups is 1. The van der Waals surface area contributed by atoms with Crippen molar-refractivity contribution in [2.24, 2.45) is 11.8 Å². The van der Waals surface area contributed by atoms with Gasteiger partial charge in [-0.2, -0.15) is 8.42 Å². The van der Waals surface area contributed by atoms with Gasteiger partial charge in [0.15, 0.2) is 12.0 Å². The van der Waals surface area contributed by atoms with E-state index in [1.165, 1.54) is 12.1 Å². The predicted molar refractivity (Wildman–Crippen MR) is 87.1 cm³/mol. The maximum atomic E-state index is 12.3. The molecule has 0 N–H and O–H groups in total. The molecule has 122 valence electrons. The summed E-state index contributed by atoms with van der Waals surface area (Å²) in [5.74, 6) is 0.733. The number of hydrogen-bond donors (Lipinski definition) is 0. The van der Waals surface area contributed by atoms with Gasteiger partial charge in [0.25, 0.3) is 0 Å². The first-order valence-corrected chi connectivity index (χ1v) is 9.43. The lowest BCUT2D eigenvalue weighted by molar-refractivity contribution is 0.112. The molecule has 1 aromatic rings. The second-order valence-corrected chi connectivity index (χ2v) is 8.23. The molecule has 0 amide bonds. The molecule has 6 heteroatoms. The molecule has 1 aliphatic carbocycles. The number of halogens is 1. The number of benzene rings is 1. The maximum absolute atomic E-state index is 12.3. The van der Waals surface area contributed by atoms with Crippen LogP contribution in [0.2, 0.25) is 5.02 Å². The first kappa shape index (κ1) is 17.3. The average molecular weight is 345 g/mol. The lowest BCUT2D eigenvalue weighted by Crippen LogP contribution is -2.25. The molecule has 4 nitrogen and oxygen atoms in total. The third kappa shape index (κ3) is 4.46. The molecule has 2 atom stereocenters. The van der Waals surface area contributed by atoms with E-state index in [9.17, 15) is 13.2 Å². The Kier molecular flexibility index (Phi) is 5.50. The quantitative estimate of drug-likeness (QED) is 0.598. The SMILES string of the molecule is Cc1cc(OS(=O)(=O)CC2CCCC(C)C2)c(C=O)cc1Cl. The van der Waals surface area contributed by atoms with Gasteiger partial charge in [0, 0.05) is 5.02 Å². The van der Waals surface area contributed by atoms with Crippen LogP contribution in [-0.4, -0.2) is 20.5 Å². The largest absolute Gasteiger partial charge is 0.382 e. The molecular weight excluding hydrogens is 324 g/mol. The van der Waals surface area contributed by atoms with Crippen molar-refractivity contribution in [3.05, 3.63) is 28.3 Å². The summed E-state index contributed by atoms with van der Waals surface area (Å²) in [7, 11) is -3.72. The van der Waals surface area contributed by atoms with Gasteiger partial charge in [-0.3, -0.25) is 4.79 Å². The maximum Gasteiger partial charge on any atom is 0.309 e. The van der Waals surface area contributed by atoms with Crippen LogP contribution in [0.15, 0.2) is 12.1 Å². The fourth-order valence-electron chi connectivity index (χ4n) is 3.01. The van der Waals surface area contributed by atoms with Gasteiger partial charge in [0.05, 0.1) is 11.3 Å². The first-order chi connectivity index (χ1) is 10.3. The Labute approximate surface area is 136 Å². The molecule has 0 aliphatic heterocycles. The summed E-state index contributed by atoms with van der Waals surface area (Å²) in [6.07, 6.45) is 4.58. The molecule has 1 aliphatic rings. The van der Waals surface area contributed by atoms with Crippen molar-refractivity contribution >= 4 is 28.0 Å². The number of aldehydes is 1. The minimum Gasteiger partial charge on any atom is -0.382 e. The van der Waals surface area contributed by atoms with Crippen LogP contribution >= 0.6 is 11.6 Å². The van der Waals surface area contributed by atoms with Gasteiger partial charge >= 0.3 is 10.1 Å². The van der Waals surface area contributed by atoms with Crippen molar-refractivity contribution in [2.45, 2.75) is 39.5 Å². The summed E-state index contributed by atoms with van der Waals surface area (Å²) < 4.78 is 29.7.